The van der Waals surface area contributed by atoms with Gasteiger partial charge >= 0.3 is 21.7 Å². The Morgan fingerprint density at radius 3 is 1.45 bits per heavy atom. The van der Waals surface area contributed by atoms with Crippen molar-refractivity contribution in [3.8, 4) is 0 Å². The van der Waals surface area contributed by atoms with E-state index in [0.29, 0.717) is 0 Å². The van der Waals surface area contributed by atoms with Gasteiger partial charge in [-0.05, 0) is 7.05 Å². The van der Waals surface area contributed by atoms with Crippen LogP contribution in [0.3, 0.4) is 0 Å². The van der Waals surface area contributed by atoms with Gasteiger partial charge in [-0.25, -0.2) is 5.57 Å². The molecule has 1 nitrogen and oxygen atoms in total. The minimum Gasteiger partial charge on any atom is -1.00 e. The maximum absolute atomic E-state index is 3.44. The summed E-state index contributed by atoms with van der Waals surface area (Å²) < 4.78 is 2.03. The average Bonchev–Trinajstić information content (AvgIpc) is 2.63. The summed E-state index contributed by atoms with van der Waals surface area (Å²) in [6.07, 6.45) is 6.63. The second-order valence-corrected chi connectivity index (χ2v) is 6.13. The van der Waals surface area contributed by atoms with Gasteiger partial charge in [-0.1, -0.05) is 53.9 Å². The summed E-state index contributed by atoms with van der Waals surface area (Å²) in [5.41, 5.74) is 8.33. The smallest absolute Gasteiger partial charge is 1.00 e. The molecular formula is C18H27Cl2NTi. The summed E-state index contributed by atoms with van der Waals surface area (Å²) in [7, 11) is 2.02. The molecule has 1 aromatic heterocycles. The summed E-state index contributed by atoms with van der Waals surface area (Å²) >= 11 is 0. The van der Waals surface area contributed by atoms with Crippen LogP contribution >= 0.6 is 0 Å². The fourth-order valence-corrected chi connectivity index (χ4v) is 2.35. The molecule has 4 heteroatoms. The van der Waals surface area contributed by atoms with E-state index in [9.17, 15) is 0 Å². The Hall–Kier alpha value is 0.0543. The average molecular weight is 376 g/mol. The molecule has 0 N–H and O–H groups in total. The first-order chi connectivity index (χ1) is 8.58. The molecule has 0 aromatic carbocycles. The number of aromatic nitrogens is 1. The van der Waals surface area contributed by atoms with E-state index in [2.05, 4.69) is 67.7 Å². The molecule has 22 heavy (non-hydrogen) atoms. The van der Waals surface area contributed by atoms with Crippen LogP contribution in [0.1, 0.15) is 51.4 Å². The van der Waals surface area contributed by atoms with Crippen LogP contribution in [0.5, 0.6) is 0 Å². The minimum atomic E-state index is 0. The largest absolute Gasteiger partial charge is 4.00 e. The van der Waals surface area contributed by atoms with E-state index in [1.54, 1.807) is 0 Å². The van der Waals surface area contributed by atoms with Crippen molar-refractivity contribution >= 4 is 0 Å². The van der Waals surface area contributed by atoms with Crippen LogP contribution in [0.15, 0.2) is 16.7 Å². The van der Waals surface area contributed by atoms with Crippen molar-refractivity contribution in [2.45, 2.75) is 55.4 Å². The number of halogens is 2. The maximum Gasteiger partial charge on any atom is 4.00 e. The zero-order valence-electron chi connectivity index (χ0n) is 15.2. The van der Waals surface area contributed by atoms with Crippen LogP contribution < -0.4 is 24.8 Å². The molecule has 0 fully saturated rings. The predicted octanol–water partition coefficient (Wildman–Crippen LogP) is -1.13. The van der Waals surface area contributed by atoms with Crippen LogP contribution in [0.4, 0.5) is 0 Å². The summed E-state index contributed by atoms with van der Waals surface area (Å²) in [5.74, 6) is 0. The van der Waals surface area contributed by atoms with Crippen LogP contribution in [-0.2, 0) is 28.8 Å². The molecule has 1 aromatic rings. The number of nitrogens with zero attached hydrogens (tertiary/aromatic N) is 1. The van der Waals surface area contributed by atoms with Gasteiger partial charge in [0.05, 0.1) is 0 Å². The third-order valence-electron chi connectivity index (χ3n) is 4.51. The predicted molar refractivity (Wildman–Crippen MR) is 83.0 cm³/mol. The van der Waals surface area contributed by atoms with E-state index in [1.165, 1.54) is 33.5 Å². The molecule has 1 heterocycles. The van der Waals surface area contributed by atoms with Crippen molar-refractivity contribution in [1.82, 2.24) is 4.57 Å². The Bertz CT molecular complexity index is 529. The van der Waals surface area contributed by atoms with E-state index in [0.717, 1.165) is 0 Å². The van der Waals surface area contributed by atoms with Crippen LogP contribution in [0, 0.1) is 38.5 Å². The Balaban J connectivity index is -0.000000290. The molecule has 0 amide bonds. The Kier molecular flexibility index (Phi) is 12.3. The van der Waals surface area contributed by atoms with E-state index >= 15 is 0 Å². The molecule has 0 atom stereocenters. The molecule has 0 unspecified atom stereocenters. The van der Waals surface area contributed by atoms with Crippen molar-refractivity contribution in [2.24, 2.45) is 12.5 Å². The van der Waals surface area contributed by atoms with Crippen LogP contribution in [0.2, 0.25) is 0 Å². The summed E-state index contributed by atoms with van der Waals surface area (Å²) in [4.78, 5) is 0. The molecule has 2 rings (SSSR count). The molecule has 0 saturated heterocycles. The number of hydrogen-bond acceptors (Lipinski definition) is 0. The van der Waals surface area contributed by atoms with Gasteiger partial charge in [-0.2, -0.15) is 22.3 Å². The molecule has 1 aliphatic carbocycles. The van der Waals surface area contributed by atoms with Gasteiger partial charge in [0, 0.05) is 0 Å². The molecule has 122 valence electrons. The van der Waals surface area contributed by atoms with Gasteiger partial charge < -0.3 is 29.4 Å². The van der Waals surface area contributed by atoms with Crippen molar-refractivity contribution in [3.63, 3.8) is 0 Å². The normalized spacial score (nSPS) is 14.9. The topological polar surface area (TPSA) is 4.93 Å². The van der Waals surface area contributed by atoms with E-state index < -0.39 is 0 Å². The molecule has 0 radical (unpaired) electrons. The van der Waals surface area contributed by atoms with Gasteiger partial charge in [0.1, 0.15) is 0 Å². The second-order valence-electron chi connectivity index (χ2n) is 6.13. The third kappa shape index (κ3) is 5.93. The molecule has 0 aliphatic heterocycles. The third-order valence-corrected chi connectivity index (χ3v) is 4.51. The summed E-state index contributed by atoms with van der Waals surface area (Å²) in [6, 6.07) is 0. The van der Waals surface area contributed by atoms with Crippen LogP contribution in [0.25, 0.3) is 0 Å². The molecule has 0 bridgehead atoms. The zero-order valence-corrected chi connectivity index (χ0v) is 18.3. The Morgan fingerprint density at radius 2 is 1.36 bits per heavy atom. The van der Waals surface area contributed by atoms with Gasteiger partial charge in [0.15, 0.2) is 0 Å². The molecule has 1 aliphatic rings. The molecule has 0 saturated carbocycles. The maximum atomic E-state index is 3.44. The van der Waals surface area contributed by atoms with Crippen molar-refractivity contribution in [1.29, 1.82) is 0 Å². The van der Waals surface area contributed by atoms with Gasteiger partial charge in [-0.15, -0.1) is 18.8 Å². The first kappa shape index (κ1) is 26.9. The van der Waals surface area contributed by atoms with Crippen LogP contribution in [-0.4, -0.2) is 4.57 Å². The second kappa shape index (κ2) is 10.0. The Labute approximate surface area is 164 Å². The fraction of sp³-hybridized carbons (Fsp3) is 0.556. The van der Waals surface area contributed by atoms with Crippen molar-refractivity contribution in [3.05, 3.63) is 45.8 Å². The fourth-order valence-electron chi connectivity index (χ4n) is 2.35. The number of aryl methyl sites for hydroxylation is 2. The standard InChI is InChI=1S/C10H15.C8H12N.2ClH.Ti/c1-7-6-10(4,5)9(3)8(7)2;1-6-5-9(4)8(3)7(6)2;;;/h1-5H3;1-4H3;2*1H;/q2*-1;;;+4/p-2. The van der Waals surface area contributed by atoms with Gasteiger partial charge in [-0.3, -0.25) is 6.08 Å². The molecule has 0 spiro atoms. The van der Waals surface area contributed by atoms with Gasteiger partial charge in [0.25, 0.3) is 0 Å². The number of hydrogen-bond donors (Lipinski definition) is 0. The zero-order chi connectivity index (χ0) is 15.0. The first-order valence-corrected chi connectivity index (χ1v) is 6.89. The van der Waals surface area contributed by atoms with E-state index in [-0.39, 0.29) is 51.9 Å². The Morgan fingerprint density at radius 1 is 0.909 bits per heavy atom. The SMILES string of the molecule is CC1=[C-]C(C)(C)C(C)=C1C.Cc1[c-]n(C)c(C)c1C.[Cl-].[Cl-].[Ti+4]. The van der Waals surface area contributed by atoms with Crippen molar-refractivity contribution in [2.75, 3.05) is 0 Å². The number of allylic oxidation sites excluding steroid dienone is 4. The molecular weight excluding hydrogens is 349 g/mol. The monoisotopic (exact) mass is 375 g/mol. The first-order valence-electron chi connectivity index (χ1n) is 6.89. The summed E-state index contributed by atoms with van der Waals surface area (Å²) in [6.45, 7) is 17.2. The summed E-state index contributed by atoms with van der Waals surface area (Å²) in [5, 5.41) is 0. The van der Waals surface area contributed by atoms with Crippen molar-refractivity contribution < 1.29 is 46.5 Å². The number of rotatable bonds is 0. The van der Waals surface area contributed by atoms with E-state index in [4.69, 9.17) is 0 Å². The van der Waals surface area contributed by atoms with E-state index in [1.807, 2.05) is 11.6 Å². The minimum absolute atomic E-state index is 0. The van der Waals surface area contributed by atoms with Gasteiger partial charge in [0.2, 0.25) is 0 Å². The quantitative estimate of drug-likeness (QED) is 0.399.